The van der Waals surface area contributed by atoms with Crippen LogP contribution in [0.5, 0.6) is 5.75 Å². The number of nitrogens with one attached hydrogen (secondary N) is 2. The Balaban J connectivity index is 1.31. The summed E-state index contributed by atoms with van der Waals surface area (Å²) in [6, 6.07) is 12.6. The van der Waals surface area contributed by atoms with Gasteiger partial charge in [0.2, 0.25) is 11.8 Å². The number of aromatic nitrogens is 4. The first-order valence-corrected chi connectivity index (χ1v) is 14.7. The van der Waals surface area contributed by atoms with E-state index in [1.54, 1.807) is 25.6 Å². The number of halogens is 1. The van der Waals surface area contributed by atoms with Crippen LogP contribution in [0, 0.1) is 0 Å². The van der Waals surface area contributed by atoms with Gasteiger partial charge >= 0.3 is 0 Å². The van der Waals surface area contributed by atoms with E-state index in [0.717, 1.165) is 42.4 Å². The maximum atomic E-state index is 13.8. The van der Waals surface area contributed by atoms with E-state index in [2.05, 4.69) is 59.9 Å². The number of anilines is 4. The van der Waals surface area contributed by atoms with Crippen LogP contribution in [0.3, 0.4) is 0 Å². The number of rotatable bonds is 10. The smallest absolute Gasteiger partial charge is 0.283 e. The highest BCUT2D eigenvalue weighted by Crippen LogP contribution is 2.44. The highest BCUT2D eigenvalue weighted by Gasteiger charge is 2.32. The van der Waals surface area contributed by atoms with Crippen molar-refractivity contribution in [3.63, 3.8) is 0 Å². The number of benzene rings is 2. The lowest BCUT2D eigenvalue weighted by Crippen LogP contribution is -2.57. The van der Waals surface area contributed by atoms with E-state index in [-0.39, 0.29) is 0 Å². The molecule has 1 saturated heterocycles. The SMILES string of the molecule is C=C(F)C(=O)Nc1cc(Nc2ncc(-c3ncco3)c(-c3cn(C4CC4)c4ccccc34)n2)c(OC)cc1N1CC(N(C)C)C1. The lowest BCUT2D eigenvalue weighted by atomic mass is 10.0. The average Bonchev–Trinajstić information content (AvgIpc) is 3.55. The Labute approximate surface area is 259 Å². The standard InChI is InChI=1S/C33H33FN8O3/c1-19(34)31(43)37-25-13-26(29(44-4)14-28(25)41-16-21(17-41)40(2)3)38-33-36-15-23(32-35-11-12-45-32)30(39-33)24-18-42(20-9-10-20)27-8-6-5-7-22(24)27/h5-8,11-15,18,20-21H,1,9-10,16-17H2,2-4H3,(H,37,43)(H,36,38,39). The first-order valence-electron chi connectivity index (χ1n) is 14.7. The number of hydrogen-bond donors (Lipinski definition) is 2. The second-order valence-electron chi connectivity index (χ2n) is 11.6. The Morgan fingerprint density at radius 2 is 1.93 bits per heavy atom. The Morgan fingerprint density at radius 1 is 1.13 bits per heavy atom. The molecule has 2 aliphatic rings. The molecule has 2 N–H and O–H groups in total. The van der Waals surface area contributed by atoms with Gasteiger partial charge in [-0.15, -0.1) is 0 Å². The van der Waals surface area contributed by atoms with Crippen LogP contribution in [0.4, 0.5) is 27.4 Å². The first-order chi connectivity index (χ1) is 21.8. The summed E-state index contributed by atoms with van der Waals surface area (Å²) in [7, 11) is 5.61. The van der Waals surface area contributed by atoms with Crippen molar-refractivity contribution in [1.82, 2.24) is 24.4 Å². The number of amides is 1. The number of hydrogen-bond acceptors (Lipinski definition) is 9. The van der Waals surface area contributed by atoms with E-state index in [9.17, 15) is 9.18 Å². The zero-order valence-corrected chi connectivity index (χ0v) is 25.2. The summed E-state index contributed by atoms with van der Waals surface area (Å²) in [6.45, 7) is 4.63. The van der Waals surface area contributed by atoms with Gasteiger partial charge in [-0.2, -0.15) is 0 Å². The summed E-state index contributed by atoms with van der Waals surface area (Å²) in [4.78, 5) is 30.6. The topological polar surface area (TPSA) is 114 Å². The maximum absolute atomic E-state index is 13.8. The summed E-state index contributed by atoms with van der Waals surface area (Å²) < 4.78 is 27.5. The Kier molecular flexibility index (Phi) is 7.20. The number of carbonyl (C=O) groups is 1. The molecule has 1 saturated carbocycles. The summed E-state index contributed by atoms with van der Waals surface area (Å²) >= 11 is 0. The monoisotopic (exact) mass is 608 g/mol. The quantitative estimate of drug-likeness (QED) is 0.184. The molecule has 7 rings (SSSR count). The van der Waals surface area contributed by atoms with Crippen molar-refractivity contribution in [3.8, 4) is 28.5 Å². The normalized spacial score (nSPS) is 14.9. The van der Waals surface area contributed by atoms with Crippen molar-refractivity contribution in [3.05, 3.63) is 73.7 Å². The molecule has 1 amide bonds. The molecule has 12 heteroatoms. The van der Waals surface area contributed by atoms with E-state index in [1.165, 1.54) is 6.26 Å². The van der Waals surface area contributed by atoms with Crippen LogP contribution >= 0.6 is 0 Å². The predicted octanol–water partition coefficient (Wildman–Crippen LogP) is 6.01. The highest BCUT2D eigenvalue weighted by atomic mass is 19.1. The van der Waals surface area contributed by atoms with Crippen molar-refractivity contribution >= 4 is 39.8 Å². The van der Waals surface area contributed by atoms with Gasteiger partial charge in [0.15, 0.2) is 5.83 Å². The number of likely N-dealkylation sites (N-methyl/N-ethyl adjacent to an activating group) is 1. The van der Waals surface area contributed by atoms with Crippen LogP contribution in [-0.4, -0.2) is 70.7 Å². The van der Waals surface area contributed by atoms with E-state index < -0.39 is 11.7 Å². The third-order valence-corrected chi connectivity index (χ3v) is 8.38. The minimum absolute atomic E-state index is 0.290. The van der Waals surface area contributed by atoms with E-state index in [0.29, 0.717) is 58.0 Å². The number of carbonyl (C=O) groups excluding carboxylic acids is 1. The van der Waals surface area contributed by atoms with Crippen LogP contribution in [-0.2, 0) is 4.79 Å². The van der Waals surface area contributed by atoms with Crippen molar-refractivity contribution in [2.45, 2.75) is 24.9 Å². The van der Waals surface area contributed by atoms with Gasteiger partial charge in [-0.3, -0.25) is 4.79 Å². The Bertz CT molecular complexity index is 1910. The minimum Gasteiger partial charge on any atom is -0.494 e. The van der Waals surface area contributed by atoms with Gasteiger partial charge in [0.25, 0.3) is 5.91 Å². The Morgan fingerprint density at radius 3 is 2.62 bits per heavy atom. The van der Waals surface area contributed by atoms with Gasteiger partial charge in [0.1, 0.15) is 12.0 Å². The molecule has 2 aromatic carbocycles. The predicted molar refractivity (Wildman–Crippen MR) is 172 cm³/mol. The van der Waals surface area contributed by atoms with Gasteiger partial charge < -0.3 is 34.2 Å². The fourth-order valence-corrected chi connectivity index (χ4v) is 5.70. The molecule has 230 valence electrons. The van der Waals surface area contributed by atoms with Gasteiger partial charge in [-0.1, -0.05) is 24.8 Å². The third-order valence-electron chi connectivity index (χ3n) is 8.38. The molecule has 5 aromatic rings. The van der Waals surface area contributed by atoms with Gasteiger partial charge in [-0.05, 0) is 39.1 Å². The molecule has 11 nitrogen and oxygen atoms in total. The molecule has 0 radical (unpaired) electrons. The largest absolute Gasteiger partial charge is 0.494 e. The van der Waals surface area contributed by atoms with Crippen molar-refractivity contribution in [2.75, 3.05) is 49.8 Å². The van der Waals surface area contributed by atoms with Crippen LogP contribution in [0.2, 0.25) is 0 Å². The zero-order valence-electron chi connectivity index (χ0n) is 25.2. The third kappa shape index (κ3) is 5.37. The first kappa shape index (κ1) is 28.5. The van der Waals surface area contributed by atoms with E-state index in [4.69, 9.17) is 14.1 Å². The molecule has 45 heavy (non-hydrogen) atoms. The molecule has 1 aliphatic carbocycles. The van der Waals surface area contributed by atoms with Crippen LogP contribution < -0.4 is 20.3 Å². The fraction of sp³-hybridized carbons (Fsp3) is 0.273. The van der Waals surface area contributed by atoms with Gasteiger partial charge in [0.05, 0.1) is 41.6 Å². The number of ether oxygens (including phenoxy) is 1. The number of oxazole rings is 1. The molecule has 2 fully saturated rings. The van der Waals surface area contributed by atoms with Gasteiger partial charge in [-0.25, -0.2) is 19.3 Å². The number of methoxy groups -OCH3 is 1. The summed E-state index contributed by atoms with van der Waals surface area (Å²) in [5.74, 6) is -0.802. The van der Waals surface area contributed by atoms with Crippen molar-refractivity contribution < 1.29 is 18.3 Å². The van der Waals surface area contributed by atoms with Gasteiger partial charge in [0, 0.05) is 60.1 Å². The number of para-hydroxylation sites is 1. The average molecular weight is 609 g/mol. The summed E-state index contributed by atoms with van der Waals surface area (Å²) in [5.41, 5.74) is 4.97. The van der Waals surface area contributed by atoms with E-state index in [1.807, 2.05) is 32.3 Å². The summed E-state index contributed by atoms with van der Waals surface area (Å²) in [6.07, 6.45) is 9.20. The second-order valence-corrected chi connectivity index (χ2v) is 11.6. The molecule has 0 unspecified atom stereocenters. The molecule has 4 heterocycles. The van der Waals surface area contributed by atoms with Crippen LogP contribution in [0.15, 0.2) is 78.1 Å². The number of nitrogens with zero attached hydrogens (tertiary/aromatic N) is 6. The highest BCUT2D eigenvalue weighted by molar-refractivity contribution is 6.04. The molecular formula is C33H33FN8O3. The van der Waals surface area contributed by atoms with E-state index >= 15 is 0 Å². The van der Waals surface area contributed by atoms with Crippen molar-refractivity contribution in [2.24, 2.45) is 0 Å². The molecule has 0 bridgehead atoms. The lowest BCUT2D eigenvalue weighted by molar-refractivity contribution is -0.114. The van der Waals surface area contributed by atoms with Crippen molar-refractivity contribution in [1.29, 1.82) is 0 Å². The molecule has 0 spiro atoms. The maximum Gasteiger partial charge on any atom is 0.283 e. The van der Waals surface area contributed by atoms with Crippen LogP contribution in [0.1, 0.15) is 18.9 Å². The summed E-state index contributed by atoms with van der Waals surface area (Å²) in [5, 5.41) is 6.99. The minimum atomic E-state index is -1.08. The van der Waals surface area contributed by atoms with Crippen LogP contribution in [0.25, 0.3) is 33.6 Å². The zero-order chi connectivity index (χ0) is 31.2. The molecular weight excluding hydrogens is 575 g/mol. The molecule has 0 atom stereocenters. The second kappa shape index (κ2) is 11.4. The fourth-order valence-electron chi connectivity index (χ4n) is 5.70. The Hall–Kier alpha value is -5.23. The molecule has 1 aliphatic heterocycles. The number of fused-ring (bicyclic) bond motifs is 1. The lowest BCUT2D eigenvalue weighted by Gasteiger charge is -2.45. The molecule has 3 aromatic heterocycles.